The van der Waals surface area contributed by atoms with Gasteiger partial charge in [-0.05, 0) is 42.5 Å². The Hall–Kier alpha value is -2.78. The van der Waals surface area contributed by atoms with Gasteiger partial charge in [-0.1, -0.05) is 38.8 Å². The van der Waals surface area contributed by atoms with Crippen molar-refractivity contribution in [3.05, 3.63) is 58.0 Å². The Morgan fingerprint density at radius 3 is 2.61 bits per heavy atom. The molecule has 0 saturated carbocycles. The summed E-state index contributed by atoms with van der Waals surface area (Å²) in [5, 5.41) is 12.2. The summed E-state index contributed by atoms with van der Waals surface area (Å²) in [7, 11) is 0. The number of nitrogens with zero attached hydrogens (tertiary/aromatic N) is 4. The molecule has 3 amide bonds. The minimum atomic E-state index is -0.949. The Bertz CT molecular complexity index is 997. The summed E-state index contributed by atoms with van der Waals surface area (Å²) in [5.74, 6) is -1.32. The van der Waals surface area contributed by atoms with Gasteiger partial charge in [-0.2, -0.15) is 5.11 Å². The molecular weight excluding hydrogens is 450 g/mol. The number of benzene rings is 2. The number of fused-ring (bicyclic) bond motifs is 1. The normalized spacial score (nSPS) is 20.6. The van der Waals surface area contributed by atoms with Gasteiger partial charge in [0, 0.05) is 15.2 Å². The Balaban J connectivity index is 1.48. The van der Waals surface area contributed by atoms with E-state index in [1.54, 1.807) is 48.5 Å². The van der Waals surface area contributed by atoms with E-state index in [0.29, 0.717) is 16.4 Å². The lowest BCUT2D eigenvalue weighted by Gasteiger charge is -2.20. The van der Waals surface area contributed by atoms with E-state index in [9.17, 15) is 14.4 Å². The first-order valence-corrected chi connectivity index (χ1v) is 9.47. The SMILES string of the molecule is O=C(CN1N=NC2C(=O)N(c3ccc(Br)cc3)C(=O)C21)Nc1cccc(Cl)c1. The van der Waals surface area contributed by atoms with Crippen LogP contribution in [0.15, 0.2) is 63.3 Å². The highest BCUT2D eigenvalue weighted by molar-refractivity contribution is 9.10. The number of carbonyl (C=O) groups is 3. The third kappa shape index (κ3) is 3.38. The van der Waals surface area contributed by atoms with Crippen molar-refractivity contribution in [2.75, 3.05) is 16.8 Å². The maximum absolute atomic E-state index is 12.9. The number of amides is 3. The molecule has 1 saturated heterocycles. The van der Waals surface area contributed by atoms with Crippen LogP contribution in [-0.2, 0) is 14.4 Å². The van der Waals surface area contributed by atoms with Crippen molar-refractivity contribution < 1.29 is 14.4 Å². The Morgan fingerprint density at radius 1 is 1.14 bits per heavy atom. The fourth-order valence-electron chi connectivity index (χ4n) is 3.11. The summed E-state index contributed by atoms with van der Waals surface area (Å²) < 4.78 is 0.828. The number of carbonyl (C=O) groups excluding carboxylic acids is 3. The molecule has 2 atom stereocenters. The van der Waals surface area contributed by atoms with Crippen LogP contribution in [0.4, 0.5) is 11.4 Å². The summed E-state index contributed by atoms with van der Waals surface area (Å²) in [6, 6.07) is 11.6. The number of anilines is 2. The summed E-state index contributed by atoms with van der Waals surface area (Å²) in [6.45, 7) is -0.218. The van der Waals surface area contributed by atoms with Gasteiger partial charge in [-0.15, -0.1) is 0 Å². The van der Waals surface area contributed by atoms with Crippen LogP contribution in [0.5, 0.6) is 0 Å². The predicted octanol–water partition coefficient (Wildman–Crippen LogP) is 3.03. The number of hydrogen-bond acceptors (Lipinski definition) is 6. The van der Waals surface area contributed by atoms with Gasteiger partial charge in [0.2, 0.25) is 5.91 Å². The highest BCUT2D eigenvalue weighted by atomic mass is 79.9. The monoisotopic (exact) mass is 461 g/mol. The molecule has 4 rings (SSSR count). The van der Waals surface area contributed by atoms with Gasteiger partial charge >= 0.3 is 0 Å². The predicted molar refractivity (Wildman–Crippen MR) is 106 cm³/mol. The minimum absolute atomic E-state index is 0.218. The van der Waals surface area contributed by atoms with Crippen LogP contribution in [0.2, 0.25) is 5.02 Å². The molecular formula is C18H13BrClN5O3. The first-order valence-electron chi connectivity index (χ1n) is 8.30. The molecule has 0 bridgehead atoms. The van der Waals surface area contributed by atoms with Crippen LogP contribution in [0.3, 0.4) is 0 Å². The van der Waals surface area contributed by atoms with Gasteiger partial charge in [0.1, 0.15) is 6.54 Å². The van der Waals surface area contributed by atoms with Crippen molar-refractivity contribution in [1.82, 2.24) is 5.01 Å². The van der Waals surface area contributed by atoms with E-state index < -0.39 is 29.8 Å². The standard InChI is InChI=1S/C18H13BrClN5O3/c19-10-4-6-13(7-5-10)25-17(27)15-16(18(25)28)24(23-22-15)9-14(26)21-12-3-1-2-11(20)8-12/h1-8,15-16H,9H2,(H,21,26). The van der Waals surface area contributed by atoms with E-state index in [2.05, 4.69) is 31.6 Å². The number of halogens is 2. The van der Waals surface area contributed by atoms with Gasteiger partial charge in [-0.3, -0.25) is 19.4 Å². The largest absolute Gasteiger partial charge is 0.324 e. The summed E-state index contributed by atoms with van der Waals surface area (Å²) in [4.78, 5) is 38.9. The fraction of sp³-hybridized carbons (Fsp3) is 0.167. The smallest absolute Gasteiger partial charge is 0.263 e. The molecule has 10 heteroatoms. The molecule has 1 fully saturated rings. The van der Waals surface area contributed by atoms with Gasteiger partial charge in [0.05, 0.1) is 5.69 Å². The minimum Gasteiger partial charge on any atom is -0.324 e. The molecule has 2 aromatic rings. The highest BCUT2D eigenvalue weighted by Gasteiger charge is 2.55. The first-order chi connectivity index (χ1) is 13.4. The molecule has 28 heavy (non-hydrogen) atoms. The van der Waals surface area contributed by atoms with Crippen LogP contribution < -0.4 is 10.2 Å². The molecule has 1 N–H and O–H groups in total. The van der Waals surface area contributed by atoms with Crippen LogP contribution in [0.25, 0.3) is 0 Å². The third-order valence-electron chi connectivity index (χ3n) is 4.36. The fourth-order valence-corrected chi connectivity index (χ4v) is 3.57. The zero-order chi connectivity index (χ0) is 19.8. The van der Waals surface area contributed by atoms with Crippen LogP contribution in [0, 0.1) is 0 Å². The number of imide groups is 1. The van der Waals surface area contributed by atoms with Crippen molar-refractivity contribution in [1.29, 1.82) is 0 Å². The van der Waals surface area contributed by atoms with Gasteiger partial charge in [-0.25, -0.2) is 4.90 Å². The van der Waals surface area contributed by atoms with Crippen LogP contribution in [0.1, 0.15) is 0 Å². The van der Waals surface area contributed by atoms with Gasteiger partial charge in [0.25, 0.3) is 11.8 Å². The first kappa shape index (κ1) is 18.6. The van der Waals surface area contributed by atoms with Gasteiger partial charge in [0.15, 0.2) is 12.1 Å². The Morgan fingerprint density at radius 2 is 1.89 bits per heavy atom. The lowest BCUT2D eigenvalue weighted by atomic mass is 10.1. The van der Waals surface area contributed by atoms with E-state index in [1.165, 1.54) is 5.01 Å². The second kappa shape index (κ2) is 7.33. The zero-order valence-electron chi connectivity index (χ0n) is 14.3. The average molecular weight is 463 g/mol. The summed E-state index contributed by atoms with van der Waals surface area (Å²) >= 11 is 9.22. The maximum atomic E-state index is 12.9. The van der Waals surface area contributed by atoms with E-state index >= 15 is 0 Å². The van der Waals surface area contributed by atoms with Gasteiger partial charge < -0.3 is 5.32 Å². The van der Waals surface area contributed by atoms with Crippen molar-refractivity contribution >= 4 is 56.6 Å². The van der Waals surface area contributed by atoms with Crippen molar-refractivity contribution in [2.45, 2.75) is 12.1 Å². The molecule has 2 heterocycles. The number of nitrogens with one attached hydrogen (secondary N) is 1. The molecule has 2 aliphatic heterocycles. The number of hydrogen-bond donors (Lipinski definition) is 1. The second-order valence-corrected chi connectivity index (χ2v) is 7.59. The van der Waals surface area contributed by atoms with E-state index in [0.717, 1.165) is 9.37 Å². The van der Waals surface area contributed by atoms with E-state index in [-0.39, 0.29) is 6.54 Å². The lowest BCUT2D eigenvalue weighted by molar-refractivity contribution is -0.123. The Kier molecular flexibility index (Phi) is 4.86. The maximum Gasteiger partial charge on any atom is 0.263 e. The lowest BCUT2D eigenvalue weighted by Crippen LogP contribution is -2.43. The topological polar surface area (TPSA) is 94.4 Å². The molecule has 2 unspecified atom stereocenters. The van der Waals surface area contributed by atoms with Crippen molar-refractivity contribution in [3.63, 3.8) is 0 Å². The summed E-state index contributed by atoms with van der Waals surface area (Å²) in [6.07, 6.45) is 0. The molecule has 142 valence electrons. The molecule has 2 aliphatic rings. The molecule has 0 radical (unpaired) electrons. The third-order valence-corrected chi connectivity index (χ3v) is 5.12. The van der Waals surface area contributed by atoms with E-state index in [4.69, 9.17) is 11.6 Å². The molecule has 8 nitrogen and oxygen atoms in total. The Labute approximate surface area is 173 Å². The molecule has 0 spiro atoms. The second-order valence-electron chi connectivity index (χ2n) is 6.24. The van der Waals surface area contributed by atoms with Crippen LogP contribution in [-0.4, -0.2) is 41.4 Å². The molecule has 0 aromatic heterocycles. The highest BCUT2D eigenvalue weighted by Crippen LogP contribution is 2.32. The molecule has 2 aromatic carbocycles. The molecule has 0 aliphatic carbocycles. The van der Waals surface area contributed by atoms with Crippen LogP contribution >= 0.6 is 27.5 Å². The van der Waals surface area contributed by atoms with E-state index in [1.807, 2.05) is 0 Å². The average Bonchev–Trinajstić information content (AvgIpc) is 3.16. The number of rotatable bonds is 4. The zero-order valence-corrected chi connectivity index (χ0v) is 16.6. The summed E-state index contributed by atoms with van der Waals surface area (Å²) in [5.41, 5.74) is 0.974. The van der Waals surface area contributed by atoms with Crippen molar-refractivity contribution in [3.8, 4) is 0 Å². The van der Waals surface area contributed by atoms with Crippen molar-refractivity contribution in [2.24, 2.45) is 10.3 Å². The quantitative estimate of drug-likeness (QED) is 0.707.